The molecule has 0 radical (unpaired) electrons. The van der Waals surface area contributed by atoms with Crippen LogP contribution in [-0.2, 0) is 11.2 Å². The second-order valence-corrected chi connectivity index (χ2v) is 5.52. The van der Waals surface area contributed by atoms with Gasteiger partial charge in [-0.1, -0.05) is 11.3 Å². The lowest BCUT2D eigenvalue weighted by atomic mass is 10.1. The van der Waals surface area contributed by atoms with E-state index in [2.05, 4.69) is 15.5 Å². The summed E-state index contributed by atoms with van der Waals surface area (Å²) in [5.41, 5.74) is 1.83. The second kappa shape index (κ2) is 7.42. The Morgan fingerprint density at radius 2 is 2.15 bits per heavy atom. The molecule has 6 heteroatoms. The van der Waals surface area contributed by atoms with Gasteiger partial charge in [0.25, 0.3) is 0 Å². The Balaban J connectivity index is 1.95. The van der Waals surface area contributed by atoms with Gasteiger partial charge in [0.15, 0.2) is 0 Å². The maximum Gasteiger partial charge on any atom is 0.148 e. The van der Waals surface area contributed by atoms with Crippen molar-refractivity contribution in [3.05, 3.63) is 34.6 Å². The predicted molar refractivity (Wildman–Crippen MR) is 78.5 cm³/mol. The minimum atomic E-state index is -0.224. The minimum Gasteiger partial charge on any atom is -0.383 e. The van der Waals surface area contributed by atoms with Crippen LogP contribution in [0.2, 0.25) is 0 Å². The number of benzene rings is 1. The van der Waals surface area contributed by atoms with E-state index < -0.39 is 0 Å². The van der Waals surface area contributed by atoms with Crippen LogP contribution >= 0.6 is 11.3 Å². The van der Waals surface area contributed by atoms with Crippen molar-refractivity contribution in [2.24, 2.45) is 0 Å². The number of ether oxygens (including phenoxy) is 1. The van der Waals surface area contributed by atoms with E-state index in [1.807, 2.05) is 6.92 Å². The molecule has 1 aromatic carbocycles. The van der Waals surface area contributed by atoms with Crippen LogP contribution in [0.25, 0.3) is 10.6 Å². The van der Waals surface area contributed by atoms with Crippen LogP contribution in [0.3, 0.4) is 0 Å². The van der Waals surface area contributed by atoms with Crippen molar-refractivity contribution < 1.29 is 9.13 Å². The third kappa shape index (κ3) is 4.06. The van der Waals surface area contributed by atoms with Gasteiger partial charge in [-0.2, -0.15) is 0 Å². The van der Waals surface area contributed by atoms with Crippen LogP contribution in [0.4, 0.5) is 4.39 Å². The van der Waals surface area contributed by atoms with Gasteiger partial charge in [-0.05, 0) is 30.7 Å². The minimum absolute atomic E-state index is 0.224. The van der Waals surface area contributed by atoms with E-state index in [0.717, 1.165) is 40.7 Å². The number of hydrogen-bond acceptors (Lipinski definition) is 5. The number of aryl methyl sites for hydroxylation is 1. The molecule has 0 aliphatic heterocycles. The van der Waals surface area contributed by atoms with Gasteiger partial charge in [0, 0.05) is 32.2 Å². The van der Waals surface area contributed by atoms with Crippen molar-refractivity contribution in [1.29, 1.82) is 0 Å². The summed E-state index contributed by atoms with van der Waals surface area (Å²) in [4.78, 5) is 0. The Bertz CT molecular complexity index is 559. The van der Waals surface area contributed by atoms with Gasteiger partial charge in [-0.25, -0.2) is 4.39 Å². The van der Waals surface area contributed by atoms with Crippen LogP contribution in [0, 0.1) is 12.7 Å². The molecule has 20 heavy (non-hydrogen) atoms. The Labute approximate surface area is 122 Å². The number of halogens is 1. The first kappa shape index (κ1) is 15.0. The molecule has 2 aromatic rings. The summed E-state index contributed by atoms with van der Waals surface area (Å²) in [6.45, 7) is 4.27. The smallest absolute Gasteiger partial charge is 0.148 e. The topological polar surface area (TPSA) is 47.0 Å². The molecule has 0 saturated carbocycles. The summed E-state index contributed by atoms with van der Waals surface area (Å²) < 4.78 is 18.0. The zero-order valence-electron chi connectivity index (χ0n) is 11.6. The number of methoxy groups -OCH3 is 1. The monoisotopic (exact) mass is 295 g/mol. The molecule has 2 rings (SSSR count). The number of nitrogens with one attached hydrogen (secondary N) is 1. The van der Waals surface area contributed by atoms with E-state index in [-0.39, 0.29) is 5.82 Å². The lowest BCUT2D eigenvalue weighted by Gasteiger charge is -2.01. The van der Waals surface area contributed by atoms with Crippen LogP contribution < -0.4 is 5.32 Å². The molecule has 4 nitrogen and oxygen atoms in total. The predicted octanol–water partition coefficient (Wildman–Crippen LogP) is 2.43. The van der Waals surface area contributed by atoms with Crippen LogP contribution in [0.15, 0.2) is 18.2 Å². The quantitative estimate of drug-likeness (QED) is 0.797. The highest BCUT2D eigenvalue weighted by atomic mass is 32.1. The summed E-state index contributed by atoms with van der Waals surface area (Å²) in [6, 6.07) is 4.73. The fourth-order valence-electron chi connectivity index (χ4n) is 1.83. The molecule has 0 bridgehead atoms. The number of rotatable bonds is 7. The molecule has 0 atom stereocenters. The maximum atomic E-state index is 13.1. The van der Waals surface area contributed by atoms with Gasteiger partial charge in [0.05, 0.1) is 6.61 Å². The molecule has 0 aliphatic carbocycles. The summed E-state index contributed by atoms with van der Waals surface area (Å²) in [7, 11) is 1.68. The Morgan fingerprint density at radius 1 is 1.30 bits per heavy atom. The summed E-state index contributed by atoms with van der Waals surface area (Å²) in [5.74, 6) is -0.224. The van der Waals surface area contributed by atoms with Crippen molar-refractivity contribution in [1.82, 2.24) is 15.5 Å². The van der Waals surface area contributed by atoms with Crippen molar-refractivity contribution in [3.8, 4) is 10.6 Å². The number of hydrogen-bond donors (Lipinski definition) is 1. The lowest BCUT2D eigenvalue weighted by molar-refractivity contribution is 0.199. The van der Waals surface area contributed by atoms with Crippen molar-refractivity contribution in [2.75, 3.05) is 26.8 Å². The van der Waals surface area contributed by atoms with E-state index in [1.54, 1.807) is 24.5 Å². The third-order valence-corrected chi connectivity index (χ3v) is 3.90. The van der Waals surface area contributed by atoms with Crippen LogP contribution in [-0.4, -0.2) is 37.0 Å². The fourth-order valence-corrected chi connectivity index (χ4v) is 2.75. The van der Waals surface area contributed by atoms with Crippen LogP contribution in [0.1, 0.15) is 10.6 Å². The molecule has 1 aromatic heterocycles. The molecule has 108 valence electrons. The first-order chi connectivity index (χ1) is 9.70. The molecule has 0 spiro atoms. The van der Waals surface area contributed by atoms with E-state index in [9.17, 15) is 4.39 Å². The molecule has 0 amide bonds. The van der Waals surface area contributed by atoms with Gasteiger partial charge in [0.1, 0.15) is 15.8 Å². The van der Waals surface area contributed by atoms with E-state index >= 15 is 0 Å². The molecule has 0 saturated heterocycles. The second-order valence-electron chi connectivity index (χ2n) is 4.45. The molecule has 0 unspecified atom stereocenters. The molecule has 0 aliphatic rings. The lowest BCUT2D eigenvalue weighted by Crippen LogP contribution is -2.21. The molecule has 0 fully saturated rings. The normalized spacial score (nSPS) is 10.9. The zero-order valence-corrected chi connectivity index (χ0v) is 12.5. The number of aromatic nitrogens is 2. The SMILES string of the molecule is COCCNCCc1nnc(-c2ccc(F)cc2C)s1. The van der Waals surface area contributed by atoms with Crippen molar-refractivity contribution in [3.63, 3.8) is 0 Å². The zero-order chi connectivity index (χ0) is 14.4. The third-order valence-electron chi connectivity index (χ3n) is 2.88. The average Bonchev–Trinajstić information content (AvgIpc) is 2.87. The number of nitrogens with zero attached hydrogens (tertiary/aromatic N) is 2. The largest absolute Gasteiger partial charge is 0.383 e. The Kier molecular flexibility index (Phi) is 5.58. The standard InChI is InChI=1S/C14H18FN3OS/c1-10-9-11(15)3-4-12(10)14-18-17-13(20-14)5-6-16-7-8-19-2/h3-4,9,16H,5-8H2,1-2H3. The first-order valence-corrected chi connectivity index (χ1v) is 7.31. The summed E-state index contributed by atoms with van der Waals surface area (Å²) >= 11 is 1.55. The summed E-state index contributed by atoms with van der Waals surface area (Å²) in [5, 5.41) is 13.5. The maximum absolute atomic E-state index is 13.1. The molecule has 1 N–H and O–H groups in total. The van der Waals surface area contributed by atoms with Gasteiger partial charge >= 0.3 is 0 Å². The van der Waals surface area contributed by atoms with Gasteiger partial charge in [-0.15, -0.1) is 10.2 Å². The van der Waals surface area contributed by atoms with Gasteiger partial charge < -0.3 is 10.1 Å². The molecule has 1 heterocycles. The highest BCUT2D eigenvalue weighted by Gasteiger charge is 2.09. The van der Waals surface area contributed by atoms with Crippen molar-refractivity contribution in [2.45, 2.75) is 13.3 Å². The Hall–Kier alpha value is -1.37. The van der Waals surface area contributed by atoms with Crippen LogP contribution in [0.5, 0.6) is 0 Å². The summed E-state index contributed by atoms with van der Waals surface area (Å²) in [6.07, 6.45) is 0.835. The first-order valence-electron chi connectivity index (χ1n) is 6.49. The van der Waals surface area contributed by atoms with E-state index in [4.69, 9.17) is 4.74 Å². The van der Waals surface area contributed by atoms with Gasteiger partial charge in [-0.3, -0.25) is 0 Å². The highest BCUT2D eigenvalue weighted by molar-refractivity contribution is 7.14. The van der Waals surface area contributed by atoms with Gasteiger partial charge in [0.2, 0.25) is 0 Å². The fraction of sp³-hybridized carbons (Fsp3) is 0.429. The van der Waals surface area contributed by atoms with E-state index in [1.165, 1.54) is 12.1 Å². The Morgan fingerprint density at radius 3 is 2.90 bits per heavy atom. The van der Waals surface area contributed by atoms with E-state index in [0.29, 0.717) is 6.61 Å². The molecular weight excluding hydrogens is 277 g/mol. The molecular formula is C14H18FN3OS. The van der Waals surface area contributed by atoms with Crippen molar-refractivity contribution >= 4 is 11.3 Å². The highest BCUT2D eigenvalue weighted by Crippen LogP contribution is 2.27. The average molecular weight is 295 g/mol.